The smallest absolute Gasteiger partial charge is 0.297 e. The van der Waals surface area contributed by atoms with Crippen molar-refractivity contribution in [3.8, 4) is 118 Å². The molecule has 5 heteroatoms. The molecule has 0 heterocycles. The first kappa shape index (κ1) is 28.0. The van der Waals surface area contributed by atoms with Crippen molar-refractivity contribution in [1.29, 1.82) is 0 Å². The number of nitrogens with one attached hydrogen (secondary N) is 1. The molecule has 1 rings (SSSR count). The third kappa shape index (κ3) is 12.5. The van der Waals surface area contributed by atoms with Gasteiger partial charge in [0, 0.05) is 37.9 Å². The van der Waals surface area contributed by atoms with Crippen LogP contribution in [0.2, 0.25) is 0 Å². The summed E-state index contributed by atoms with van der Waals surface area (Å²) in [4.78, 5) is 12.0. The molecular weight excluding hydrogens is 438 g/mol. The van der Waals surface area contributed by atoms with Crippen LogP contribution in [0, 0.1) is 124 Å². The van der Waals surface area contributed by atoms with E-state index in [1.54, 1.807) is 14.0 Å². The number of ether oxygens (including phenoxy) is 2. The van der Waals surface area contributed by atoms with Crippen LogP contribution < -0.4 is 5.32 Å². The van der Waals surface area contributed by atoms with E-state index < -0.39 is 18.1 Å². The van der Waals surface area contributed by atoms with Gasteiger partial charge in [-0.3, -0.25) is 4.79 Å². The number of carbonyl (C=O) groups is 1. The van der Waals surface area contributed by atoms with E-state index in [0.29, 0.717) is 13.0 Å². The van der Waals surface area contributed by atoms with Crippen molar-refractivity contribution < 1.29 is 19.4 Å². The molecule has 168 valence electrons. The predicted molar refractivity (Wildman–Crippen MR) is 132 cm³/mol. The zero-order valence-corrected chi connectivity index (χ0v) is 19.4. The van der Waals surface area contributed by atoms with Crippen LogP contribution in [0.15, 0.2) is 0 Å². The van der Waals surface area contributed by atoms with Gasteiger partial charge in [-0.25, -0.2) is 0 Å². The van der Waals surface area contributed by atoms with Crippen LogP contribution in [0.5, 0.6) is 0 Å². The molecule has 1 aliphatic carbocycles. The van der Waals surface area contributed by atoms with Crippen LogP contribution in [0.25, 0.3) is 0 Å². The van der Waals surface area contributed by atoms with Gasteiger partial charge in [-0.15, -0.1) is 0 Å². The summed E-state index contributed by atoms with van der Waals surface area (Å²) in [5, 5.41) is 13.0. The molecule has 0 saturated heterocycles. The lowest BCUT2D eigenvalue weighted by molar-refractivity contribution is -0.117. The maximum absolute atomic E-state index is 12.0. The number of rotatable bonds is 4. The number of methoxy groups -OCH3 is 2. The van der Waals surface area contributed by atoms with Crippen molar-refractivity contribution in [2.75, 3.05) is 20.8 Å². The van der Waals surface area contributed by atoms with Gasteiger partial charge in [0.25, 0.3) is 5.91 Å². The second kappa shape index (κ2) is 18.5. The van der Waals surface area contributed by atoms with Gasteiger partial charge in [0.2, 0.25) is 0 Å². The zero-order chi connectivity index (χ0) is 25.6. The van der Waals surface area contributed by atoms with Crippen LogP contribution in [0.3, 0.4) is 0 Å². The average Bonchev–Trinajstić information content (AvgIpc) is 3.14. The Morgan fingerprint density at radius 3 is 1.60 bits per heavy atom. The quantitative estimate of drug-likeness (QED) is 0.563. The molecule has 0 spiro atoms. The molecule has 1 saturated carbocycles. The Labute approximate surface area is 207 Å². The molecule has 2 N–H and O–H groups in total. The largest absolute Gasteiger partial charge is 0.390 e. The minimum atomic E-state index is -0.725. The van der Waals surface area contributed by atoms with Crippen LogP contribution in [0.1, 0.15) is 13.3 Å². The minimum Gasteiger partial charge on any atom is -0.390 e. The first-order chi connectivity index (χ1) is 17.1. The summed E-state index contributed by atoms with van der Waals surface area (Å²) < 4.78 is 10.4. The summed E-state index contributed by atoms with van der Waals surface area (Å²) in [6.07, 6.45) is -0.723. The van der Waals surface area contributed by atoms with Gasteiger partial charge in [-0.1, -0.05) is 5.92 Å². The molecule has 0 aliphatic heterocycles. The summed E-state index contributed by atoms with van der Waals surface area (Å²) in [6.45, 7) is 2.06. The van der Waals surface area contributed by atoms with Crippen molar-refractivity contribution >= 4 is 5.91 Å². The Kier molecular flexibility index (Phi) is 14.8. The summed E-state index contributed by atoms with van der Waals surface area (Å²) >= 11 is 0. The van der Waals surface area contributed by atoms with Crippen LogP contribution in [-0.4, -0.2) is 50.1 Å². The van der Waals surface area contributed by atoms with Gasteiger partial charge in [-0.05, 0) is 108 Å². The van der Waals surface area contributed by atoms with E-state index in [2.05, 4.69) is 124 Å². The molecule has 35 heavy (non-hydrogen) atoms. The number of carbonyl (C=O) groups excluding carboxylic acids is 1. The van der Waals surface area contributed by atoms with Crippen LogP contribution in [0.4, 0.5) is 0 Å². The van der Waals surface area contributed by atoms with E-state index in [1.807, 2.05) is 0 Å². The van der Waals surface area contributed by atoms with E-state index in [1.165, 1.54) is 7.11 Å². The van der Waals surface area contributed by atoms with Crippen molar-refractivity contribution in [3.63, 3.8) is 0 Å². The number of aliphatic hydroxyl groups excluding tert-OH is 1. The van der Waals surface area contributed by atoms with Crippen LogP contribution in [-0.2, 0) is 14.3 Å². The maximum Gasteiger partial charge on any atom is 0.297 e. The molecule has 1 aliphatic rings. The SMILES string of the molecule is CC#CC#CC#CC#CC#CC#CC#CC#CC#CC#CC(=O)N[C@H]1C[C@H](COC)[C@H](O)C1OC. The predicted octanol–water partition coefficient (Wildman–Crippen LogP) is -0.433. The monoisotopic (exact) mass is 457 g/mol. The lowest BCUT2D eigenvalue weighted by Crippen LogP contribution is -2.43. The number of aliphatic hydroxyl groups is 1. The molecule has 1 amide bonds. The van der Waals surface area contributed by atoms with E-state index in [4.69, 9.17) is 9.47 Å². The fourth-order valence-corrected chi connectivity index (χ4v) is 2.79. The van der Waals surface area contributed by atoms with Gasteiger partial charge in [-0.2, -0.15) is 0 Å². The summed E-state index contributed by atoms with van der Waals surface area (Å²) in [5.74, 6) is 49.2. The number of hydrogen-bond donors (Lipinski definition) is 2. The fourth-order valence-electron chi connectivity index (χ4n) is 2.79. The van der Waals surface area contributed by atoms with Crippen LogP contribution >= 0.6 is 0 Å². The molecule has 0 bridgehead atoms. The third-order valence-corrected chi connectivity index (χ3v) is 4.11. The molecule has 1 unspecified atom stereocenters. The highest BCUT2D eigenvalue weighted by atomic mass is 16.5. The van der Waals surface area contributed by atoms with Gasteiger partial charge < -0.3 is 19.9 Å². The lowest BCUT2D eigenvalue weighted by atomic mass is 10.1. The Morgan fingerprint density at radius 1 is 0.771 bits per heavy atom. The topological polar surface area (TPSA) is 67.8 Å². The summed E-state index contributed by atoms with van der Waals surface area (Å²) in [7, 11) is 3.04. The highest BCUT2D eigenvalue weighted by Crippen LogP contribution is 2.28. The number of hydrogen-bond acceptors (Lipinski definition) is 4. The molecule has 0 aromatic carbocycles. The van der Waals surface area contributed by atoms with Gasteiger partial charge in [0.05, 0.1) is 18.8 Å². The maximum atomic E-state index is 12.0. The van der Waals surface area contributed by atoms with E-state index in [-0.39, 0.29) is 12.0 Å². The second-order valence-corrected chi connectivity index (χ2v) is 6.35. The Morgan fingerprint density at radius 2 is 1.20 bits per heavy atom. The first-order valence-electron chi connectivity index (χ1n) is 10.1. The highest BCUT2D eigenvalue weighted by molar-refractivity contribution is 5.94. The fraction of sp³-hybridized carbons (Fsp3) is 0.300. The van der Waals surface area contributed by atoms with E-state index >= 15 is 0 Å². The van der Waals surface area contributed by atoms with Gasteiger partial charge in [0.15, 0.2) is 0 Å². The van der Waals surface area contributed by atoms with E-state index in [0.717, 1.165) is 0 Å². The lowest BCUT2D eigenvalue weighted by Gasteiger charge is -2.21. The molecule has 1 fully saturated rings. The molecule has 0 aromatic heterocycles. The average molecular weight is 457 g/mol. The Balaban J connectivity index is 2.48. The molecule has 0 radical (unpaired) electrons. The Bertz CT molecular complexity index is 1420. The second-order valence-electron chi connectivity index (χ2n) is 6.35. The molecular formula is C30H19NO4. The minimum absolute atomic E-state index is 0.123. The summed E-state index contributed by atoms with van der Waals surface area (Å²) in [5.41, 5.74) is 0. The highest BCUT2D eigenvalue weighted by Gasteiger charge is 2.43. The van der Waals surface area contributed by atoms with Crippen molar-refractivity contribution in [2.45, 2.75) is 31.6 Å². The normalized spacial score (nSPS) is 17.5. The zero-order valence-electron chi connectivity index (χ0n) is 19.4. The molecule has 5 nitrogen and oxygen atoms in total. The number of amides is 1. The van der Waals surface area contributed by atoms with Gasteiger partial charge >= 0.3 is 0 Å². The standard InChI is InChI=1S/C30H19NO4/c1-4-5-6-7-8-9-10-11-12-13-14-15-16-17-18-19-20-21-22-23-28(32)31-27-24-26(25-34-2)29(33)30(27)35-3/h26-27,29-30,33H,24-25H2,1-3H3,(H,31,32)/t26-,27+,29+,30?/m1/s1. The first-order valence-corrected chi connectivity index (χ1v) is 10.1. The van der Waals surface area contributed by atoms with Crippen molar-refractivity contribution in [3.05, 3.63) is 0 Å². The molecule has 0 aromatic rings. The van der Waals surface area contributed by atoms with Gasteiger partial charge in [0.1, 0.15) is 6.10 Å². The molecule has 4 atom stereocenters. The van der Waals surface area contributed by atoms with E-state index in [9.17, 15) is 9.90 Å². The summed E-state index contributed by atoms with van der Waals surface area (Å²) in [6, 6.07) is -0.364. The van der Waals surface area contributed by atoms with Crippen molar-refractivity contribution in [2.24, 2.45) is 5.92 Å². The Hall–Kier alpha value is -5.05. The third-order valence-electron chi connectivity index (χ3n) is 4.11. The van der Waals surface area contributed by atoms with Crippen molar-refractivity contribution in [1.82, 2.24) is 5.32 Å².